The molecule has 0 radical (unpaired) electrons. The van der Waals surface area contributed by atoms with Gasteiger partial charge in [0.25, 0.3) is 0 Å². The molecule has 0 aliphatic heterocycles. The van der Waals surface area contributed by atoms with Crippen LogP contribution in [0.3, 0.4) is 0 Å². The van der Waals surface area contributed by atoms with Gasteiger partial charge < -0.3 is 21.3 Å². The summed E-state index contributed by atoms with van der Waals surface area (Å²) in [5, 5.41) is 21.8. The third kappa shape index (κ3) is 4.47. The van der Waals surface area contributed by atoms with Crippen LogP contribution in [-0.4, -0.2) is 40.9 Å². The van der Waals surface area contributed by atoms with Crippen molar-refractivity contribution in [3.63, 3.8) is 0 Å². The van der Waals surface area contributed by atoms with Crippen LogP contribution in [-0.2, 0) is 4.79 Å². The number of hydrogen-bond acceptors (Lipinski definition) is 4. The number of carboxylic acid groups (broad SMARTS) is 1. The van der Waals surface area contributed by atoms with Gasteiger partial charge in [-0.2, -0.15) is 0 Å². The van der Waals surface area contributed by atoms with E-state index in [0.717, 1.165) is 25.7 Å². The summed E-state index contributed by atoms with van der Waals surface area (Å²) in [6.07, 6.45) is 6.03. The van der Waals surface area contributed by atoms with Gasteiger partial charge in [0.2, 0.25) is 0 Å². The summed E-state index contributed by atoms with van der Waals surface area (Å²) >= 11 is 0. The maximum absolute atomic E-state index is 10.5. The average molecular weight is 230 g/mol. The molecule has 0 saturated heterocycles. The SMILES string of the molecule is NC(CNCC1(O)CCCCCC1)C(=O)O. The monoisotopic (exact) mass is 230 g/mol. The minimum Gasteiger partial charge on any atom is -0.480 e. The first-order chi connectivity index (χ1) is 7.53. The average Bonchev–Trinajstić information content (AvgIpc) is 2.43. The summed E-state index contributed by atoms with van der Waals surface area (Å²) in [7, 11) is 0. The first kappa shape index (κ1) is 13.4. The second kappa shape index (κ2) is 6.18. The summed E-state index contributed by atoms with van der Waals surface area (Å²) in [6.45, 7) is 0.644. The van der Waals surface area contributed by atoms with Crippen LogP contribution in [0.4, 0.5) is 0 Å². The number of carbonyl (C=O) groups is 1. The van der Waals surface area contributed by atoms with Gasteiger partial charge >= 0.3 is 5.97 Å². The Kier molecular flexibility index (Phi) is 5.18. The zero-order valence-electron chi connectivity index (χ0n) is 9.61. The van der Waals surface area contributed by atoms with Gasteiger partial charge in [0.15, 0.2) is 0 Å². The number of rotatable bonds is 5. The second-order valence-electron chi connectivity index (χ2n) is 4.71. The molecule has 5 nitrogen and oxygen atoms in total. The molecule has 1 rings (SSSR count). The number of carboxylic acids is 1. The minimum atomic E-state index is -1.01. The standard InChI is InChI=1S/C11H22N2O3/c12-9(10(14)15)7-13-8-11(16)5-3-1-2-4-6-11/h9,13,16H,1-8,12H2,(H,14,15). The molecule has 1 aliphatic carbocycles. The van der Waals surface area contributed by atoms with Gasteiger partial charge in [0.05, 0.1) is 5.60 Å². The summed E-state index contributed by atoms with van der Waals surface area (Å²) in [6, 6.07) is -0.894. The molecule has 0 aromatic carbocycles. The van der Waals surface area contributed by atoms with Crippen LogP contribution in [0.5, 0.6) is 0 Å². The summed E-state index contributed by atoms with van der Waals surface area (Å²) in [4.78, 5) is 10.5. The molecule has 0 heterocycles. The van der Waals surface area contributed by atoms with Gasteiger partial charge in [-0.25, -0.2) is 0 Å². The highest BCUT2D eigenvalue weighted by atomic mass is 16.4. The zero-order valence-corrected chi connectivity index (χ0v) is 9.61. The van der Waals surface area contributed by atoms with Crippen molar-refractivity contribution in [2.24, 2.45) is 5.73 Å². The number of nitrogens with two attached hydrogens (primary N) is 1. The number of hydrogen-bond donors (Lipinski definition) is 4. The molecule has 0 aromatic heterocycles. The lowest BCUT2D eigenvalue weighted by Crippen LogP contribution is -2.46. The second-order valence-corrected chi connectivity index (χ2v) is 4.71. The molecule has 0 bridgehead atoms. The van der Waals surface area contributed by atoms with Crippen molar-refractivity contribution in [2.45, 2.75) is 50.2 Å². The molecule has 0 amide bonds. The Labute approximate surface area is 96.0 Å². The highest BCUT2D eigenvalue weighted by Gasteiger charge is 2.27. The highest BCUT2D eigenvalue weighted by molar-refractivity contribution is 5.73. The molecular weight excluding hydrogens is 208 g/mol. The quantitative estimate of drug-likeness (QED) is 0.501. The summed E-state index contributed by atoms with van der Waals surface area (Å²) in [5.74, 6) is -1.01. The Bertz CT molecular complexity index is 225. The molecule has 94 valence electrons. The van der Waals surface area contributed by atoms with Gasteiger partial charge in [-0.15, -0.1) is 0 Å². The molecular formula is C11H22N2O3. The zero-order chi connectivity index (χ0) is 12.0. The van der Waals surface area contributed by atoms with E-state index in [0.29, 0.717) is 6.54 Å². The fraction of sp³-hybridized carbons (Fsp3) is 0.909. The molecule has 0 spiro atoms. The number of aliphatic hydroxyl groups is 1. The van der Waals surface area contributed by atoms with E-state index in [1.54, 1.807) is 0 Å². The number of aliphatic carboxylic acids is 1. The molecule has 0 aromatic rings. The minimum absolute atomic E-state index is 0.206. The van der Waals surface area contributed by atoms with Crippen molar-refractivity contribution in [3.8, 4) is 0 Å². The van der Waals surface area contributed by atoms with Gasteiger partial charge in [-0.05, 0) is 12.8 Å². The maximum atomic E-state index is 10.5. The topological polar surface area (TPSA) is 95.6 Å². The van der Waals surface area contributed by atoms with Gasteiger partial charge in [-0.1, -0.05) is 25.7 Å². The van der Waals surface area contributed by atoms with E-state index in [4.69, 9.17) is 10.8 Å². The summed E-state index contributed by atoms with van der Waals surface area (Å²) < 4.78 is 0. The molecule has 1 aliphatic rings. The lowest BCUT2D eigenvalue weighted by atomic mass is 9.94. The lowest BCUT2D eigenvalue weighted by molar-refractivity contribution is -0.138. The number of nitrogens with one attached hydrogen (secondary N) is 1. The van der Waals surface area contributed by atoms with Gasteiger partial charge in [0, 0.05) is 13.1 Å². The fourth-order valence-corrected chi connectivity index (χ4v) is 2.11. The van der Waals surface area contributed by atoms with Crippen molar-refractivity contribution in [3.05, 3.63) is 0 Å². The highest BCUT2D eigenvalue weighted by Crippen LogP contribution is 2.26. The third-order valence-electron chi connectivity index (χ3n) is 3.17. The van der Waals surface area contributed by atoms with Gasteiger partial charge in [-0.3, -0.25) is 4.79 Å². The van der Waals surface area contributed by atoms with Crippen molar-refractivity contribution in [1.82, 2.24) is 5.32 Å². The van der Waals surface area contributed by atoms with Crippen LogP contribution < -0.4 is 11.1 Å². The lowest BCUT2D eigenvalue weighted by Gasteiger charge is -2.27. The molecule has 5 N–H and O–H groups in total. The Morgan fingerprint density at radius 2 is 1.88 bits per heavy atom. The van der Waals surface area contributed by atoms with Crippen molar-refractivity contribution in [1.29, 1.82) is 0 Å². The van der Waals surface area contributed by atoms with Crippen LogP contribution in [0.15, 0.2) is 0 Å². The van der Waals surface area contributed by atoms with E-state index in [9.17, 15) is 9.90 Å². The van der Waals surface area contributed by atoms with Crippen molar-refractivity contribution in [2.75, 3.05) is 13.1 Å². The van der Waals surface area contributed by atoms with Crippen LogP contribution in [0.25, 0.3) is 0 Å². The Balaban J connectivity index is 2.26. The Morgan fingerprint density at radius 1 is 1.31 bits per heavy atom. The van der Waals surface area contributed by atoms with Crippen molar-refractivity contribution < 1.29 is 15.0 Å². The molecule has 16 heavy (non-hydrogen) atoms. The first-order valence-corrected chi connectivity index (χ1v) is 5.95. The Morgan fingerprint density at radius 3 is 2.38 bits per heavy atom. The van der Waals surface area contributed by atoms with Crippen LogP contribution in [0.2, 0.25) is 0 Å². The first-order valence-electron chi connectivity index (χ1n) is 5.95. The van der Waals surface area contributed by atoms with Crippen LogP contribution in [0.1, 0.15) is 38.5 Å². The predicted octanol–water partition coefficient (Wildman–Crippen LogP) is 0.0732. The normalized spacial score (nSPS) is 22.4. The van der Waals surface area contributed by atoms with E-state index < -0.39 is 17.6 Å². The molecule has 1 unspecified atom stereocenters. The van der Waals surface area contributed by atoms with Crippen LogP contribution >= 0.6 is 0 Å². The predicted molar refractivity (Wildman–Crippen MR) is 61.1 cm³/mol. The van der Waals surface area contributed by atoms with E-state index in [1.807, 2.05) is 0 Å². The Hall–Kier alpha value is -0.650. The van der Waals surface area contributed by atoms with Crippen LogP contribution in [0, 0.1) is 0 Å². The largest absolute Gasteiger partial charge is 0.480 e. The molecule has 1 fully saturated rings. The van der Waals surface area contributed by atoms with E-state index >= 15 is 0 Å². The molecule has 5 heteroatoms. The third-order valence-corrected chi connectivity index (χ3v) is 3.17. The fourth-order valence-electron chi connectivity index (χ4n) is 2.11. The maximum Gasteiger partial charge on any atom is 0.321 e. The van der Waals surface area contributed by atoms with E-state index in [-0.39, 0.29) is 6.54 Å². The van der Waals surface area contributed by atoms with E-state index in [1.165, 1.54) is 12.8 Å². The smallest absolute Gasteiger partial charge is 0.321 e. The summed E-state index contributed by atoms with van der Waals surface area (Å²) in [5.41, 5.74) is 4.69. The molecule has 1 saturated carbocycles. The van der Waals surface area contributed by atoms with Crippen molar-refractivity contribution >= 4 is 5.97 Å². The van der Waals surface area contributed by atoms with Gasteiger partial charge in [0.1, 0.15) is 6.04 Å². The van der Waals surface area contributed by atoms with E-state index in [2.05, 4.69) is 5.32 Å². The molecule has 1 atom stereocenters.